The van der Waals surface area contributed by atoms with Crippen molar-refractivity contribution >= 4 is 0 Å². The molecular formula is C8H6NO. The second-order valence-corrected chi connectivity index (χ2v) is 1.62. The molecule has 0 aliphatic heterocycles. The third-order valence-corrected chi connectivity index (χ3v) is 0.911. The Kier molecular flexibility index (Phi) is 2.33. The summed E-state index contributed by atoms with van der Waals surface area (Å²) in [7, 11) is 0. The number of pyridine rings is 1. The maximum Gasteiger partial charge on any atom is 0.148 e. The first-order valence-corrected chi connectivity index (χ1v) is 2.82. The number of nitrogens with zero attached hydrogens (tertiary/aromatic N) is 1. The first kappa shape index (κ1) is 6.63. The Balaban J connectivity index is 2.52. The zero-order valence-electron chi connectivity index (χ0n) is 5.37. The number of ether oxygens (including phenoxy) is 1. The minimum atomic E-state index is 0.283. The zero-order valence-corrected chi connectivity index (χ0v) is 5.37. The lowest BCUT2D eigenvalue weighted by Gasteiger charge is -1.97. The van der Waals surface area contributed by atoms with Gasteiger partial charge in [-0.15, -0.1) is 6.42 Å². The number of rotatable bonds is 2. The lowest BCUT2D eigenvalue weighted by molar-refractivity contribution is 0.369. The van der Waals surface area contributed by atoms with Gasteiger partial charge in [0.25, 0.3) is 0 Å². The molecule has 0 aliphatic rings. The number of hydrogen-bond donors (Lipinski definition) is 0. The van der Waals surface area contributed by atoms with Gasteiger partial charge in [0, 0.05) is 0 Å². The highest BCUT2D eigenvalue weighted by molar-refractivity contribution is 5.15. The third kappa shape index (κ3) is 1.79. The molecule has 1 heterocycles. The highest BCUT2D eigenvalue weighted by Gasteiger charge is 1.86. The summed E-state index contributed by atoms with van der Waals surface area (Å²) in [5.41, 5.74) is 0. The molecule has 0 fully saturated rings. The molecule has 0 N–H and O–H groups in total. The Hall–Kier alpha value is -1.49. The van der Waals surface area contributed by atoms with Crippen LogP contribution >= 0.6 is 0 Å². The van der Waals surface area contributed by atoms with Crippen LogP contribution in [0, 0.1) is 18.5 Å². The highest BCUT2D eigenvalue weighted by atomic mass is 16.5. The SMILES string of the molecule is C#CCOc1cc[c]nc1. The summed E-state index contributed by atoms with van der Waals surface area (Å²) in [6.45, 7) is 0.283. The van der Waals surface area contributed by atoms with Gasteiger partial charge in [0.1, 0.15) is 12.4 Å². The minimum Gasteiger partial charge on any atom is -0.479 e. The fourth-order valence-corrected chi connectivity index (χ4v) is 0.517. The molecule has 0 saturated carbocycles. The molecule has 2 nitrogen and oxygen atoms in total. The second-order valence-electron chi connectivity index (χ2n) is 1.62. The summed E-state index contributed by atoms with van der Waals surface area (Å²) in [6.07, 6.45) is 9.17. The monoisotopic (exact) mass is 132 g/mol. The molecule has 1 aromatic rings. The van der Waals surface area contributed by atoms with Crippen molar-refractivity contribution in [1.29, 1.82) is 0 Å². The lowest BCUT2D eigenvalue weighted by atomic mass is 10.5. The smallest absolute Gasteiger partial charge is 0.148 e. The predicted octanol–water partition coefficient (Wildman–Crippen LogP) is 0.894. The Morgan fingerprint density at radius 3 is 3.30 bits per heavy atom. The van der Waals surface area contributed by atoms with Gasteiger partial charge in [0.05, 0.1) is 12.4 Å². The second kappa shape index (κ2) is 3.52. The fraction of sp³-hybridized carbons (Fsp3) is 0.125. The molecule has 2 heteroatoms. The van der Waals surface area contributed by atoms with E-state index in [1.807, 2.05) is 0 Å². The summed E-state index contributed by atoms with van der Waals surface area (Å²) >= 11 is 0. The fourth-order valence-electron chi connectivity index (χ4n) is 0.517. The molecular weight excluding hydrogens is 126 g/mol. The van der Waals surface area contributed by atoms with Crippen LogP contribution in [0.4, 0.5) is 0 Å². The molecule has 0 atom stereocenters. The molecule has 0 aromatic carbocycles. The van der Waals surface area contributed by atoms with Crippen molar-refractivity contribution in [1.82, 2.24) is 4.98 Å². The molecule has 0 bridgehead atoms. The topological polar surface area (TPSA) is 22.1 Å². The van der Waals surface area contributed by atoms with Crippen LogP contribution in [0.5, 0.6) is 5.75 Å². The van der Waals surface area contributed by atoms with E-state index in [2.05, 4.69) is 17.1 Å². The average molecular weight is 132 g/mol. The molecule has 0 unspecified atom stereocenters. The quantitative estimate of drug-likeness (QED) is 0.557. The maximum absolute atomic E-state index is 5.04. The first-order valence-electron chi connectivity index (χ1n) is 2.82. The molecule has 0 saturated heterocycles. The van der Waals surface area contributed by atoms with E-state index in [1.54, 1.807) is 18.3 Å². The van der Waals surface area contributed by atoms with Gasteiger partial charge < -0.3 is 4.74 Å². The molecule has 1 aromatic heterocycles. The van der Waals surface area contributed by atoms with Crippen LogP contribution in [0.25, 0.3) is 0 Å². The van der Waals surface area contributed by atoms with E-state index in [4.69, 9.17) is 11.2 Å². The maximum atomic E-state index is 5.04. The van der Waals surface area contributed by atoms with Crippen LogP contribution in [0.15, 0.2) is 18.3 Å². The zero-order chi connectivity index (χ0) is 7.23. The van der Waals surface area contributed by atoms with E-state index in [9.17, 15) is 0 Å². The minimum absolute atomic E-state index is 0.283. The van der Waals surface area contributed by atoms with Crippen LogP contribution in [-0.4, -0.2) is 11.6 Å². The molecule has 10 heavy (non-hydrogen) atoms. The summed E-state index contributed by atoms with van der Waals surface area (Å²) in [4.78, 5) is 3.72. The van der Waals surface area contributed by atoms with Crippen molar-refractivity contribution in [2.24, 2.45) is 0 Å². The van der Waals surface area contributed by atoms with Gasteiger partial charge in [0.2, 0.25) is 0 Å². The first-order chi connectivity index (χ1) is 4.93. The molecule has 1 radical (unpaired) electrons. The standard InChI is InChI=1S/C8H6NO/c1-2-6-10-8-4-3-5-9-7-8/h1,3-4,7H,6H2. The van der Waals surface area contributed by atoms with Gasteiger partial charge in [0.15, 0.2) is 0 Å². The number of hydrogen-bond acceptors (Lipinski definition) is 2. The average Bonchev–Trinajstić information content (AvgIpc) is 2.03. The molecule has 0 amide bonds. The summed E-state index contributed by atoms with van der Waals surface area (Å²) in [5.74, 6) is 3.03. The van der Waals surface area contributed by atoms with E-state index >= 15 is 0 Å². The van der Waals surface area contributed by atoms with E-state index in [1.165, 1.54) is 0 Å². The van der Waals surface area contributed by atoms with Crippen molar-refractivity contribution in [3.05, 3.63) is 24.5 Å². The summed E-state index contributed by atoms with van der Waals surface area (Å²) in [5, 5.41) is 0. The molecule has 0 aliphatic carbocycles. The summed E-state index contributed by atoms with van der Waals surface area (Å²) in [6, 6.07) is 3.43. The number of aromatic nitrogens is 1. The van der Waals surface area contributed by atoms with Crippen LogP contribution in [-0.2, 0) is 0 Å². The Labute approximate surface area is 59.9 Å². The van der Waals surface area contributed by atoms with E-state index in [-0.39, 0.29) is 6.61 Å². The van der Waals surface area contributed by atoms with Gasteiger partial charge in [-0.1, -0.05) is 5.92 Å². The molecule has 1 rings (SSSR count). The van der Waals surface area contributed by atoms with Gasteiger partial charge >= 0.3 is 0 Å². The van der Waals surface area contributed by atoms with Crippen molar-refractivity contribution in [3.63, 3.8) is 0 Å². The van der Waals surface area contributed by atoms with Crippen LogP contribution < -0.4 is 4.74 Å². The molecule has 0 spiro atoms. The van der Waals surface area contributed by atoms with E-state index in [0.29, 0.717) is 5.75 Å². The Bertz CT molecular complexity index is 225. The van der Waals surface area contributed by atoms with Crippen molar-refractivity contribution < 1.29 is 4.74 Å². The highest BCUT2D eigenvalue weighted by Crippen LogP contribution is 2.04. The third-order valence-electron chi connectivity index (χ3n) is 0.911. The number of terminal acetylenes is 1. The van der Waals surface area contributed by atoms with Crippen LogP contribution in [0.3, 0.4) is 0 Å². The van der Waals surface area contributed by atoms with Gasteiger partial charge in [-0.3, -0.25) is 4.98 Å². The van der Waals surface area contributed by atoms with E-state index < -0.39 is 0 Å². The van der Waals surface area contributed by atoms with Crippen LogP contribution in [0.1, 0.15) is 0 Å². The Morgan fingerprint density at radius 2 is 2.70 bits per heavy atom. The van der Waals surface area contributed by atoms with Gasteiger partial charge in [-0.2, -0.15) is 0 Å². The van der Waals surface area contributed by atoms with Crippen molar-refractivity contribution in [3.8, 4) is 18.1 Å². The normalized spacial score (nSPS) is 8.30. The molecule has 49 valence electrons. The summed E-state index contributed by atoms with van der Waals surface area (Å²) < 4.78 is 5.04. The van der Waals surface area contributed by atoms with Crippen molar-refractivity contribution in [2.75, 3.05) is 6.61 Å². The van der Waals surface area contributed by atoms with Crippen molar-refractivity contribution in [2.45, 2.75) is 0 Å². The van der Waals surface area contributed by atoms with Crippen LogP contribution in [0.2, 0.25) is 0 Å². The Morgan fingerprint density at radius 1 is 1.80 bits per heavy atom. The van der Waals surface area contributed by atoms with Gasteiger partial charge in [-0.25, -0.2) is 0 Å². The lowest BCUT2D eigenvalue weighted by Crippen LogP contribution is -1.92. The largest absolute Gasteiger partial charge is 0.479 e. The van der Waals surface area contributed by atoms with Gasteiger partial charge in [-0.05, 0) is 12.1 Å². The van der Waals surface area contributed by atoms with E-state index in [0.717, 1.165) is 0 Å². The predicted molar refractivity (Wildman–Crippen MR) is 37.4 cm³/mol.